The number of carbonyl (C=O) groups excluding carboxylic acids is 1. The van der Waals surface area contributed by atoms with Crippen molar-refractivity contribution < 1.29 is 4.79 Å². The SMILES string of the molecule is CC(C)NCCC(=O)N1CCN(Cc2cccnc2)CC1. The van der Waals surface area contributed by atoms with E-state index in [1.54, 1.807) is 6.20 Å². The number of hydrogen-bond donors (Lipinski definition) is 1. The van der Waals surface area contributed by atoms with E-state index in [1.165, 1.54) is 5.56 Å². The Hall–Kier alpha value is -1.46. The summed E-state index contributed by atoms with van der Waals surface area (Å²) >= 11 is 0. The monoisotopic (exact) mass is 290 g/mol. The van der Waals surface area contributed by atoms with Crippen molar-refractivity contribution >= 4 is 5.91 Å². The maximum absolute atomic E-state index is 12.1. The van der Waals surface area contributed by atoms with E-state index < -0.39 is 0 Å². The zero-order valence-electron chi connectivity index (χ0n) is 13.1. The Morgan fingerprint density at radius 1 is 1.33 bits per heavy atom. The number of rotatable bonds is 6. The first-order valence-electron chi connectivity index (χ1n) is 7.77. The van der Waals surface area contributed by atoms with Gasteiger partial charge < -0.3 is 10.2 Å². The van der Waals surface area contributed by atoms with Gasteiger partial charge in [-0.2, -0.15) is 0 Å². The lowest BCUT2D eigenvalue weighted by Gasteiger charge is -2.34. The van der Waals surface area contributed by atoms with Gasteiger partial charge >= 0.3 is 0 Å². The molecule has 5 heteroatoms. The van der Waals surface area contributed by atoms with Crippen molar-refractivity contribution in [2.75, 3.05) is 32.7 Å². The molecule has 1 fully saturated rings. The third-order valence-corrected chi connectivity index (χ3v) is 3.75. The predicted octanol–water partition coefficient (Wildman–Crippen LogP) is 1.11. The second-order valence-electron chi connectivity index (χ2n) is 5.88. The first kappa shape index (κ1) is 15.9. The number of amides is 1. The van der Waals surface area contributed by atoms with E-state index in [0.29, 0.717) is 12.5 Å². The van der Waals surface area contributed by atoms with Gasteiger partial charge in [0, 0.05) is 64.1 Å². The molecule has 0 unspecified atom stereocenters. The van der Waals surface area contributed by atoms with Crippen molar-refractivity contribution in [2.24, 2.45) is 0 Å². The molecule has 1 aromatic heterocycles. The van der Waals surface area contributed by atoms with Crippen molar-refractivity contribution in [3.8, 4) is 0 Å². The molecule has 5 nitrogen and oxygen atoms in total. The largest absolute Gasteiger partial charge is 0.340 e. The second-order valence-corrected chi connectivity index (χ2v) is 5.88. The highest BCUT2D eigenvalue weighted by atomic mass is 16.2. The fraction of sp³-hybridized carbons (Fsp3) is 0.625. The molecule has 1 amide bonds. The predicted molar refractivity (Wildman–Crippen MR) is 83.8 cm³/mol. The Balaban J connectivity index is 1.69. The van der Waals surface area contributed by atoms with Crippen LogP contribution in [0.25, 0.3) is 0 Å². The van der Waals surface area contributed by atoms with Gasteiger partial charge in [-0.05, 0) is 11.6 Å². The molecule has 0 aromatic carbocycles. The van der Waals surface area contributed by atoms with E-state index in [9.17, 15) is 4.79 Å². The molecule has 0 bridgehead atoms. The molecular weight excluding hydrogens is 264 g/mol. The number of piperazine rings is 1. The highest BCUT2D eigenvalue weighted by Crippen LogP contribution is 2.08. The molecule has 1 aromatic rings. The van der Waals surface area contributed by atoms with E-state index >= 15 is 0 Å². The zero-order valence-corrected chi connectivity index (χ0v) is 13.1. The van der Waals surface area contributed by atoms with E-state index in [-0.39, 0.29) is 5.91 Å². The van der Waals surface area contributed by atoms with Crippen LogP contribution in [0.2, 0.25) is 0 Å². The number of nitrogens with zero attached hydrogens (tertiary/aromatic N) is 3. The van der Waals surface area contributed by atoms with Crippen LogP contribution in [0.5, 0.6) is 0 Å². The van der Waals surface area contributed by atoms with Crippen LogP contribution in [-0.4, -0.2) is 59.5 Å². The summed E-state index contributed by atoms with van der Waals surface area (Å²) in [5.74, 6) is 0.268. The average Bonchev–Trinajstić information content (AvgIpc) is 2.48. The number of pyridine rings is 1. The molecule has 1 saturated heterocycles. The number of hydrogen-bond acceptors (Lipinski definition) is 4. The van der Waals surface area contributed by atoms with Crippen molar-refractivity contribution in [1.82, 2.24) is 20.1 Å². The normalized spacial score (nSPS) is 16.4. The summed E-state index contributed by atoms with van der Waals surface area (Å²) in [4.78, 5) is 20.6. The summed E-state index contributed by atoms with van der Waals surface area (Å²) in [6, 6.07) is 4.51. The molecule has 1 aliphatic rings. The van der Waals surface area contributed by atoms with Crippen LogP contribution in [0.3, 0.4) is 0 Å². The summed E-state index contributed by atoms with van der Waals surface area (Å²) in [5.41, 5.74) is 1.23. The van der Waals surface area contributed by atoms with Crippen molar-refractivity contribution in [3.05, 3.63) is 30.1 Å². The number of nitrogens with one attached hydrogen (secondary N) is 1. The molecule has 0 atom stereocenters. The fourth-order valence-electron chi connectivity index (χ4n) is 2.53. The van der Waals surface area contributed by atoms with E-state index in [1.807, 2.05) is 17.2 Å². The maximum atomic E-state index is 12.1. The summed E-state index contributed by atoms with van der Waals surface area (Å²) in [5, 5.41) is 3.29. The average molecular weight is 290 g/mol. The molecule has 2 heterocycles. The van der Waals surface area contributed by atoms with Gasteiger partial charge in [-0.3, -0.25) is 14.7 Å². The molecule has 0 saturated carbocycles. The minimum absolute atomic E-state index is 0.268. The molecule has 1 aliphatic heterocycles. The van der Waals surface area contributed by atoms with Gasteiger partial charge in [0.1, 0.15) is 0 Å². The van der Waals surface area contributed by atoms with Gasteiger partial charge in [0.15, 0.2) is 0 Å². The summed E-state index contributed by atoms with van der Waals surface area (Å²) in [6.07, 6.45) is 4.31. The highest BCUT2D eigenvalue weighted by molar-refractivity contribution is 5.76. The van der Waals surface area contributed by atoms with Gasteiger partial charge in [0.25, 0.3) is 0 Å². The Morgan fingerprint density at radius 3 is 2.71 bits per heavy atom. The second kappa shape index (κ2) is 8.10. The zero-order chi connectivity index (χ0) is 15.1. The van der Waals surface area contributed by atoms with Crippen molar-refractivity contribution in [3.63, 3.8) is 0 Å². The molecule has 1 N–H and O–H groups in total. The third-order valence-electron chi connectivity index (χ3n) is 3.75. The molecule has 116 valence electrons. The van der Waals surface area contributed by atoms with Crippen LogP contribution in [-0.2, 0) is 11.3 Å². The summed E-state index contributed by atoms with van der Waals surface area (Å²) < 4.78 is 0. The number of aromatic nitrogens is 1. The lowest BCUT2D eigenvalue weighted by atomic mass is 10.2. The summed E-state index contributed by atoms with van der Waals surface area (Å²) in [7, 11) is 0. The minimum atomic E-state index is 0.268. The van der Waals surface area contributed by atoms with Gasteiger partial charge in [-0.15, -0.1) is 0 Å². The van der Waals surface area contributed by atoms with E-state index in [2.05, 4.69) is 35.1 Å². The Labute approximate surface area is 127 Å². The Kier molecular flexibility index (Phi) is 6.14. The van der Waals surface area contributed by atoms with Crippen LogP contribution >= 0.6 is 0 Å². The van der Waals surface area contributed by atoms with Gasteiger partial charge in [0.2, 0.25) is 5.91 Å². The van der Waals surface area contributed by atoms with Crippen LogP contribution in [0.4, 0.5) is 0 Å². The quantitative estimate of drug-likeness (QED) is 0.853. The fourth-order valence-corrected chi connectivity index (χ4v) is 2.53. The molecule has 0 radical (unpaired) electrons. The highest BCUT2D eigenvalue weighted by Gasteiger charge is 2.20. The molecular formula is C16H26N4O. The molecule has 0 spiro atoms. The third kappa shape index (κ3) is 5.44. The summed E-state index contributed by atoms with van der Waals surface area (Å²) in [6.45, 7) is 9.44. The molecule has 21 heavy (non-hydrogen) atoms. The van der Waals surface area contributed by atoms with Crippen LogP contribution < -0.4 is 5.32 Å². The Bertz CT molecular complexity index is 427. The standard InChI is InChI=1S/C16H26N4O/c1-14(2)18-7-5-16(21)20-10-8-19(9-11-20)13-15-4-3-6-17-12-15/h3-4,6,12,14,18H,5,7-11,13H2,1-2H3. The van der Waals surface area contributed by atoms with Crippen LogP contribution in [0.1, 0.15) is 25.8 Å². The lowest BCUT2D eigenvalue weighted by Crippen LogP contribution is -2.48. The minimum Gasteiger partial charge on any atom is -0.340 e. The van der Waals surface area contributed by atoms with Gasteiger partial charge in [-0.1, -0.05) is 19.9 Å². The smallest absolute Gasteiger partial charge is 0.223 e. The van der Waals surface area contributed by atoms with E-state index in [4.69, 9.17) is 0 Å². The van der Waals surface area contributed by atoms with Crippen molar-refractivity contribution in [1.29, 1.82) is 0 Å². The van der Waals surface area contributed by atoms with Crippen molar-refractivity contribution in [2.45, 2.75) is 32.9 Å². The molecule has 0 aliphatic carbocycles. The first-order chi connectivity index (χ1) is 10.1. The van der Waals surface area contributed by atoms with Gasteiger partial charge in [-0.25, -0.2) is 0 Å². The molecule has 2 rings (SSSR count). The Morgan fingerprint density at radius 2 is 2.10 bits per heavy atom. The maximum Gasteiger partial charge on any atom is 0.223 e. The number of carbonyl (C=O) groups is 1. The van der Waals surface area contributed by atoms with Crippen LogP contribution in [0.15, 0.2) is 24.5 Å². The first-order valence-corrected chi connectivity index (χ1v) is 7.77. The lowest BCUT2D eigenvalue weighted by molar-refractivity contribution is -0.132. The topological polar surface area (TPSA) is 48.5 Å². The van der Waals surface area contributed by atoms with Gasteiger partial charge in [0.05, 0.1) is 0 Å². The van der Waals surface area contributed by atoms with Crippen LogP contribution in [0, 0.1) is 0 Å². The van der Waals surface area contributed by atoms with E-state index in [0.717, 1.165) is 39.3 Å².